The summed E-state index contributed by atoms with van der Waals surface area (Å²) < 4.78 is 12.6. The van der Waals surface area contributed by atoms with E-state index in [-0.39, 0.29) is 11.9 Å². The molecule has 0 heterocycles. The Labute approximate surface area is 76.3 Å². The first kappa shape index (κ1) is 9.49. The second-order valence-corrected chi connectivity index (χ2v) is 3.32. The van der Waals surface area contributed by atoms with Gasteiger partial charge in [-0.05, 0) is 31.0 Å². The van der Waals surface area contributed by atoms with Gasteiger partial charge in [-0.1, -0.05) is 17.7 Å². The van der Waals surface area contributed by atoms with Crippen molar-refractivity contribution in [3.8, 4) is 0 Å². The zero-order valence-electron chi connectivity index (χ0n) is 6.85. The number of benzene rings is 1. The summed E-state index contributed by atoms with van der Waals surface area (Å²) in [4.78, 5) is 0. The zero-order valence-corrected chi connectivity index (χ0v) is 7.61. The van der Waals surface area contributed by atoms with Crippen LogP contribution in [0.4, 0.5) is 4.39 Å². The highest BCUT2D eigenvalue weighted by molar-refractivity contribution is 6.31. The molecule has 1 atom stereocenters. The van der Waals surface area contributed by atoms with Crippen LogP contribution < -0.4 is 5.73 Å². The van der Waals surface area contributed by atoms with Crippen molar-refractivity contribution in [2.24, 2.45) is 5.73 Å². The molecule has 0 bridgehead atoms. The molecule has 0 saturated carbocycles. The van der Waals surface area contributed by atoms with Crippen LogP contribution in [-0.4, -0.2) is 6.04 Å². The van der Waals surface area contributed by atoms with E-state index in [9.17, 15) is 4.39 Å². The van der Waals surface area contributed by atoms with Crippen LogP contribution in [0.25, 0.3) is 0 Å². The summed E-state index contributed by atoms with van der Waals surface area (Å²) in [6, 6.07) is 4.41. The molecular weight excluding hydrogens is 177 g/mol. The lowest BCUT2D eigenvalue weighted by Crippen LogP contribution is -2.17. The molecule has 1 rings (SSSR count). The molecule has 0 fully saturated rings. The van der Waals surface area contributed by atoms with Gasteiger partial charge in [-0.15, -0.1) is 0 Å². The number of hydrogen-bond donors (Lipinski definition) is 1. The van der Waals surface area contributed by atoms with E-state index in [0.717, 1.165) is 5.56 Å². The first-order valence-electron chi connectivity index (χ1n) is 3.79. The second-order valence-electron chi connectivity index (χ2n) is 2.92. The van der Waals surface area contributed by atoms with Crippen LogP contribution in [0.15, 0.2) is 18.2 Å². The molecule has 0 aliphatic rings. The van der Waals surface area contributed by atoms with E-state index in [0.29, 0.717) is 11.4 Å². The smallest absolute Gasteiger partial charge is 0.124 e. The highest BCUT2D eigenvalue weighted by Crippen LogP contribution is 2.18. The van der Waals surface area contributed by atoms with Gasteiger partial charge in [0.25, 0.3) is 0 Å². The Bertz CT molecular complexity index is 273. The Hall–Kier alpha value is -0.600. The number of halogens is 2. The lowest BCUT2D eigenvalue weighted by Gasteiger charge is -2.06. The molecule has 66 valence electrons. The van der Waals surface area contributed by atoms with Crippen molar-refractivity contribution >= 4 is 11.6 Å². The highest BCUT2D eigenvalue weighted by Gasteiger charge is 2.03. The predicted molar refractivity (Wildman–Crippen MR) is 48.8 cm³/mol. The van der Waals surface area contributed by atoms with Gasteiger partial charge in [0.15, 0.2) is 0 Å². The summed E-state index contributed by atoms with van der Waals surface area (Å²) in [5.41, 5.74) is 6.48. The van der Waals surface area contributed by atoms with Crippen LogP contribution in [0.2, 0.25) is 5.02 Å². The van der Waals surface area contributed by atoms with E-state index in [2.05, 4.69) is 0 Å². The molecule has 0 unspecified atom stereocenters. The summed E-state index contributed by atoms with van der Waals surface area (Å²) in [5, 5.41) is 0.451. The van der Waals surface area contributed by atoms with E-state index in [4.69, 9.17) is 17.3 Å². The SMILES string of the molecule is C[C@H](N)Cc1ccc(F)cc1Cl. The van der Waals surface area contributed by atoms with Crippen molar-refractivity contribution in [3.05, 3.63) is 34.6 Å². The Kier molecular flexibility index (Phi) is 3.06. The summed E-state index contributed by atoms with van der Waals surface area (Å²) in [5.74, 6) is -0.312. The molecule has 0 aliphatic carbocycles. The van der Waals surface area contributed by atoms with Crippen LogP contribution in [0.5, 0.6) is 0 Å². The lowest BCUT2D eigenvalue weighted by atomic mass is 10.1. The molecule has 2 N–H and O–H groups in total. The molecule has 0 aliphatic heterocycles. The topological polar surface area (TPSA) is 26.0 Å². The average Bonchev–Trinajstić information content (AvgIpc) is 1.94. The van der Waals surface area contributed by atoms with Crippen molar-refractivity contribution in [1.82, 2.24) is 0 Å². The van der Waals surface area contributed by atoms with Gasteiger partial charge in [0, 0.05) is 11.1 Å². The summed E-state index contributed by atoms with van der Waals surface area (Å²) in [7, 11) is 0. The molecule has 0 radical (unpaired) electrons. The van der Waals surface area contributed by atoms with Crippen molar-refractivity contribution in [2.45, 2.75) is 19.4 Å². The van der Waals surface area contributed by atoms with E-state index in [1.807, 2.05) is 6.92 Å². The fourth-order valence-corrected chi connectivity index (χ4v) is 1.28. The van der Waals surface area contributed by atoms with Gasteiger partial charge in [0.2, 0.25) is 0 Å². The third kappa shape index (κ3) is 2.47. The minimum absolute atomic E-state index is 0.0490. The molecule has 3 heteroatoms. The Balaban J connectivity index is 2.86. The molecule has 0 amide bonds. The molecule has 0 saturated heterocycles. The van der Waals surface area contributed by atoms with Crippen LogP contribution in [0.3, 0.4) is 0 Å². The van der Waals surface area contributed by atoms with Gasteiger partial charge < -0.3 is 5.73 Å². The largest absolute Gasteiger partial charge is 0.328 e. The Morgan fingerprint density at radius 2 is 2.25 bits per heavy atom. The minimum atomic E-state index is -0.312. The summed E-state index contributed by atoms with van der Waals surface area (Å²) in [6.45, 7) is 1.89. The quantitative estimate of drug-likeness (QED) is 0.756. The predicted octanol–water partition coefficient (Wildman–Crippen LogP) is 2.37. The second kappa shape index (κ2) is 3.87. The zero-order chi connectivity index (χ0) is 9.14. The van der Waals surface area contributed by atoms with Crippen molar-refractivity contribution in [2.75, 3.05) is 0 Å². The first-order chi connectivity index (χ1) is 5.59. The van der Waals surface area contributed by atoms with Crippen LogP contribution in [0, 0.1) is 5.82 Å². The van der Waals surface area contributed by atoms with Gasteiger partial charge in [-0.2, -0.15) is 0 Å². The number of hydrogen-bond acceptors (Lipinski definition) is 1. The average molecular weight is 188 g/mol. The summed E-state index contributed by atoms with van der Waals surface area (Å²) in [6.07, 6.45) is 0.680. The molecule has 1 aromatic rings. The van der Waals surface area contributed by atoms with Crippen molar-refractivity contribution in [3.63, 3.8) is 0 Å². The normalized spacial score (nSPS) is 13.0. The van der Waals surface area contributed by atoms with Gasteiger partial charge in [-0.25, -0.2) is 4.39 Å². The first-order valence-corrected chi connectivity index (χ1v) is 4.17. The fourth-order valence-electron chi connectivity index (χ4n) is 1.03. The van der Waals surface area contributed by atoms with E-state index in [1.54, 1.807) is 6.07 Å². The van der Waals surface area contributed by atoms with Gasteiger partial charge >= 0.3 is 0 Å². The van der Waals surface area contributed by atoms with Crippen LogP contribution in [-0.2, 0) is 6.42 Å². The third-order valence-electron chi connectivity index (χ3n) is 1.56. The molecule has 1 nitrogen and oxygen atoms in total. The Morgan fingerprint density at radius 1 is 1.58 bits per heavy atom. The van der Waals surface area contributed by atoms with Crippen LogP contribution >= 0.6 is 11.6 Å². The van der Waals surface area contributed by atoms with Crippen molar-refractivity contribution < 1.29 is 4.39 Å². The Morgan fingerprint density at radius 3 is 2.75 bits per heavy atom. The van der Waals surface area contributed by atoms with E-state index < -0.39 is 0 Å². The molecule has 0 spiro atoms. The van der Waals surface area contributed by atoms with Gasteiger partial charge in [0.1, 0.15) is 5.82 Å². The van der Waals surface area contributed by atoms with Crippen LogP contribution in [0.1, 0.15) is 12.5 Å². The molecule has 12 heavy (non-hydrogen) atoms. The molecule has 1 aromatic carbocycles. The van der Waals surface area contributed by atoms with E-state index >= 15 is 0 Å². The van der Waals surface area contributed by atoms with Gasteiger partial charge in [-0.3, -0.25) is 0 Å². The van der Waals surface area contributed by atoms with Gasteiger partial charge in [0.05, 0.1) is 0 Å². The monoisotopic (exact) mass is 187 g/mol. The lowest BCUT2D eigenvalue weighted by molar-refractivity contribution is 0.626. The third-order valence-corrected chi connectivity index (χ3v) is 1.91. The highest BCUT2D eigenvalue weighted by atomic mass is 35.5. The minimum Gasteiger partial charge on any atom is -0.328 e. The maximum absolute atomic E-state index is 12.6. The van der Waals surface area contributed by atoms with E-state index in [1.165, 1.54) is 12.1 Å². The fraction of sp³-hybridized carbons (Fsp3) is 0.333. The molecular formula is C9H11ClFN. The van der Waals surface area contributed by atoms with Crippen molar-refractivity contribution in [1.29, 1.82) is 0 Å². The number of rotatable bonds is 2. The summed E-state index contributed by atoms with van der Waals surface area (Å²) >= 11 is 5.78. The molecule has 0 aromatic heterocycles. The standard InChI is InChI=1S/C9H11ClFN/c1-6(12)4-7-2-3-8(11)5-9(7)10/h2-3,5-6H,4,12H2,1H3/t6-/m0/s1. The maximum Gasteiger partial charge on any atom is 0.124 e. The maximum atomic E-state index is 12.6. The number of nitrogens with two attached hydrogens (primary N) is 1.